The van der Waals surface area contributed by atoms with Gasteiger partial charge in [0.1, 0.15) is 5.82 Å². The number of amides is 1. The summed E-state index contributed by atoms with van der Waals surface area (Å²) in [7, 11) is 0. The zero-order valence-corrected chi connectivity index (χ0v) is 15.1. The molecule has 2 heterocycles. The first-order valence-electron chi connectivity index (χ1n) is 9.59. The van der Waals surface area contributed by atoms with Gasteiger partial charge in [0.2, 0.25) is 5.91 Å². The summed E-state index contributed by atoms with van der Waals surface area (Å²) in [5, 5.41) is 6.56. The molecule has 2 aliphatic rings. The Morgan fingerprint density at radius 2 is 2.16 bits per heavy atom. The number of carbonyl (C=O) groups excluding carboxylic acids is 1. The topological polar surface area (TPSA) is 44.4 Å². The number of benzene rings is 1. The quantitative estimate of drug-likeness (QED) is 0.832. The fourth-order valence-corrected chi connectivity index (χ4v) is 4.04. The van der Waals surface area contributed by atoms with E-state index < -0.39 is 0 Å². The van der Waals surface area contributed by atoms with Crippen LogP contribution in [-0.4, -0.2) is 38.6 Å². The third-order valence-corrected chi connectivity index (χ3v) is 5.71. The van der Waals surface area contributed by atoms with E-state index in [2.05, 4.69) is 22.5 Å². The molecule has 3 unspecified atom stereocenters. The average molecular weight is 347 g/mol. The molecule has 0 spiro atoms. The first kappa shape index (κ1) is 18.2. The molecule has 2 N–H and O–H groups in total. The third kappa shape index (κ3) is 5.18. The van der Waals surface area contributed by atoms with Crippen LogP contribution in [0.4, 0.5) is 10.1 Å². The maximum atomic E-state index is 13.0. The van der Waals surface area contributed by atoms with Crippen LogP contribution < -0.4 is 15.5 Å². The smallest absolute Gasteiger partial charge is 0.220 e. The highest BCUT2D eigenvalue weighted by Crippen LogP contribution is 2.24. The standard InChI is InChI=1S/C20H30FN3O/c1-15(17-3-2-9-22-13-17)11-20(25)23-12-16-8-10-24(14-16)19-6-4-18(21)5-7-19/h4-7,15-17,22H,2-3,8-14H2,1H3,(H,23,25). The van der Waals surface area contributed by atoms with E-state index in [1.54, 1.807) is 0 Å². The van der Waals surface area contributed by atoms with E-state index in [1.807, 2.05) is 12.1 Å². The zero-order chi connectivity index (χ0) is 17.6. The van der Waals surface area contributed by atoms with Crippen LogP contribution in [0.1, 0.15) is 32.6 Å². The Kier molecular flexibility index (Phi) is 6.29. The van der Waals surface area contributed by atoms with Gasteiger partial charge in [-0.05, 0) is 74.4 Å². The first-order valence-corrected chi connectivity index (χ1v) is 9.59. The highest BCUT2D eigenvalue weighted by Gasteiger charge is 2.25. The number of hydrogen-bond donors (Lipinski definition) is 2. The van der Waals surface area contributed by atoms with Crippen molar-refractivity contribution in [1.82, 2.24) is 10.6 Å². The van der Waals surface area contributed by atoms with Crippen molar-refractivity contribution in [1.29, 1.82) is 0 Å². The summed E-state index contributed by atoms with van der Waals surface area (Å²) >= 11 is 0. The normalized spacial score (nSPS) is 25.0. The lowest BCUT2D eigenvalue weighted by Gasteiger charge is -2.28. The summed E-state index contributed by atoms with van der Waals surface area (Å²) in [4.78, 5) is 14.5. The molecule has 2 saturated heterocycles. The highest BCUT2D eigenvalue weighted by atomic mass is 19.1. The third-order valence-electron chi connectivity index (χ3n) is 5.71. The minimum absolute atomic E-state index is 0.179. The molecule has 0 aromatic heterocycles. The number of rotatable bonds is 6. The van der Waals surface area contributed by atoms with Crippen molar-refractivity contribution in [2.24, 2.45) is 17.8 Å². The van der Waals surface area contributed by atoms with Crippen molar-refractivity contribution in [3.8, 4) is 0 Å². The summed E-state index contributed by atoms with van der Waals surface area (Å²) < 4.78 is 13.0. The first-order chi connectivity index (χ1) is 12.1. The SMILES string of the molecule is CC(CC(=O)NCC1CCN(c2ccc(F)cc2)C1)C1CCCNC1. The molecular weight excluding hydrogens is 317 g/mol. The van der Waals surface area contributed by atoms with E-state index in [0.717, 1.165) is 44.8 Å². The molecule has 3 atom stereocenters. The van der Waals surface area contributed by atoms with Gasteiger partial charge in [0.15, 0.2) is 0 Å². The second-order valence-electron chi connectivity index (χ2n) is 7.67. The van der Waals surface area contributed by atoms with Gasteiger partial charge in [-0.15, -0.1) is 0 Å². The predicted octanol–water partition coefficient (Wildman–Crippen LogP) is 2.79. The van der Waals surface area contributed by atoms with Gasteiger partial charge in [-0.25, -0.2) is 4.39 Å². The summed E-state index contributed by atoms with van der Waals surface area (Å²) in [6, 6.07) is 6.67. The van der Waals surface area contributed by atoms with Gasteiger partial charge in [0.25, 0.3) is 0 Å². The second-order valence-corrected chi connectivity index (χ2v) is 7.67. The molecule has 4 nitrogen and oxygen atoms in total. The lowest BCUT2D eigenvalue weighted by Crippen LogP contribution is -2.36. The van der Waals surface area contributed by atoms with Crippen molar-refractivity contribution in [2.45, 2.75) is 32.6 Å². The van der Waals surface area contributed by atoms with Crippen LogP contribution in [0.3, 0.4) is 0 Å². The van der Waals surface area contributed by atoms with Gasteiger partial charge in [-0.2, -0.15) is 0 Å². The van der Waals surface area contributed by atoms with Crippen molar-refractivity contribution in [3.05, 3.63) is 30.1 Å². The van der Waals surface area contributed by atoms with Gasteiger partial charge in [-0.3, -0.25) is 4.79 Å². The van der Waals surface area contributed by atoms with Gasteiger partial charge in [-0.1, -0.05) is 6.92 Å². The molecule has 1 aromatic carbocycles. The number of hydrogen-bond acceptors (Lipinski definition) is 3. The molecule has 0 aliphatic carbocycles. The molecule has 5 heteroatoms. The van der Waals surface area contributed by atoms with E-state index in [9.17, 15) is 9.18 Å². The molecule has 0 saturated carbocycles. The molecule has 2 aliphatic heterocycles. The fourth-order valence-electron chi connectivity index (χ4n) is 4.04. The lowest BCUT2D eigenvalue weighted by atomic mass is 9.85. The predicted molar refractivity (Wildman–Crippen MR) is 99.1 cm³/mol. The van der Waals surface area contributed by atoms with Gasteiger partial charge < -0.3 is 15.5 Å². The Bertz CT molecular complexity index is 557. The maximum Gasteiger partial charge on any atom is 0.220 e. The second kappa shape index (κ2) is 8.65. The van der Waals surface area contributed by atoms with Gasteiger partial charge in [0.05, 0.1) is 0 Å². The molecule has 0 bridgehead atoms. The molecule has 1 amide bonds. The summed E-state index contributed by atoms with van der Waals surface area (Å²) in [5.74, 6) is 1.51. The Hall–Kier alpha value is -1.62. The van der Waals surface area contributed by atoms with Crippen LogP contribution in [0.2, 0.25) is 0 Å². The van der Waals surface area contributed by atoms with Crippen molar-refractivity contribution >= 4 is 11.6 Å². The number of halogens is 1. The monoisotopic (exact) mass is 347 g/mol. The van der Waals surface area contributed by atoms with Crippen LogP contribution in [-0.2, 0) is 4.79 Å². The average Bonchev–Trinajstić information content (AvgIpc) is 3.10. The molecular formula is C20H30FN3O. The maximum absolute atomic E-state index is 13.0. The van der Waals surface area contributed by atoms with Crippen molar-refractivity contribution < 1.29 is 9.18 Å². The molecule has 1 aromatic rings. The van der Waals surface area contributed by atoms with E-state index in [4.69, 9.17) is 0 Å². The molecule has 3 rings (SSSR count). The number of nitrogens with zero attached hydrogens (tertiary/aromatic N) is 1. The fraction of sp³-hybridized carbons (Fsp3) is 0.650. The Morgan fingerprint density at radius 3 is 2.88 bits per heavy atom. The van der Waals surface area contributed by atoms with Crippen LogP contribution in [0, 0.1) is 23.6 Å². The van der Waals surface area contributed by atoms with Crippen LogP contribution >= 0.6 is 0 Å². The summed E-state index contributed by atoms with van der Waals surface area (Å²) in [5.41, 5.74) is 1.06. The van der Waals surface area contributed by atoms with Crippen LogP contribution in [0.15, 0.2) is 24.3 Å². The van der Waals surface area contributed by atoms with Crippen LogP contribution in [0.5, 0.6) is 0 Å². The van der Waals surface area contributed by atoms with E-state index >= 15 is 0 Å². The number of carbonyl (C=O) groups is 1. The summed E-state index contributed by atoms with van der Waals surface area (Å²) in [6.45, 7) is 6.99. The molecule has 138 valence electrons. The Balaban J connectivity index is 1.38. The molecule has 2 fully saturated rings. The molecule has 0 radical (unpaired) electrons. The number of nitrogens with one attached hydrogen (secondary N) is 2. The van der Waals surface area contributed by atoms with Gasteiger partial charge >= 0.3 is 0 Å². The Labute approximate surface area is 150 Å². The van der Waals surface area contributed by atoms with E-state index in [0.29, 0.717) is 24.2 Å². The number of anilines is 1. The van der Waals surface area contributed by atoms with Crippen molar-refractivity contribution in [2.75, 3.05) is 37.6 Å². The summed E-state index contributed by atoms with van der Waals surface area (Å²) in [6.07, 6.45) is 4.15. The van der Waals surface area contributed by atoms with Gasteiger partial charge in [0, 0.05) is 31.7 Å². The largest absolute Gasteiger partial charge is 0.371 e. The Morgan fingerprint density at radius 1 is 1.36 bits per heavy atom. The number of piperidine rings is 1. The highest BCUT2D eigenvalue weighted by molar-refractivity contribution is 5.76. The lowest BCUT2D eigenvalue weighted by molar-refractivity contribution is -0.122. The van der Waals surface area contributed by atoms with E-state index in [-0.39, 0.29) is 11.7 Å². The zero-order valence-electron chi connectivity index (χ0n) is 15.1. The minimum Gasteiger partial charge on any atom is -0.371 e. The van der Waals surface area contributed by atoms with E-state index in [1.165, 1.54) is 25.0 Å². The minimum atomic E-state index is -0.200. The van der Waals surface area contributed by atoms with Crippen LogP contribution in [0.25, 0.3) is 0 Å². The molecule has 25 heavy (non-hydrogen) atoms. The van der Waals surface area contributed by atoms with Crippen molar-refractivity contribution in [3.63, 3.8) is 0 Å².